The standard InChI is InChI=1S/C17H18ClN3O/c1-3-15-10-20-17-7-5-14(11-21(15)17)19-9-12-8-13(18)4-6-16(12)22-2/h4-8,10-11,19H,3,9H2,1-2H3. The molecule has 0 spiro atoms. The van der Waals surface area contributed by atoms with Crippen molar-refractivity contribution in [2.75, 3.05) is 12.4 Å². The van der Waals surface area contributed by atoms with Gasteiger partial charge in [-0.3, -0.25) is 0 Å². The van der Waals surface area contributed by atoms with Gasteiger partial charge in [-0.2, -0.15) is 0 Å². The van der Waals surface area contributed by atoms with Gasteiger partial charge >= 0.3 is 0 Å². The van der Waals surface area contributed by atoms with Gasteiger partial charge in [-0.25, -0.2) is 4.98 Å². The fourth-order valence-corrected chi connectivity index (χ4v) is 2.67. The smallest absolute Gasteiger partial charge is 0.137 e. The number of ether oxygens (including phenoxy) is 1. The molecule has 5 heteroatoms. The first-order valence-corrected chi connectivity index (χ1v) is 7.61. The molecule has 0 radical (unpaired) electrons. The first-order valence-electron chi connectivity index (χ1n) is 7.23. The Kier molecular flexibility index (Phi) is 4.20. The second-order valence-electron chi connectivity index (χ2n) is 5.06. The van der Waals surface area contributed by atoms with Crippen molar-refractivity contribution in [2.45, 2.75) is 19.9 Å². The van der Waals surface area contributed by atoms with E-state index in [9.17, 15) is 0 Å². The number of fused-ring (bicyclic) bond motifs is 1. The van der Waals surface area contributed by atoms with Crippen LogP contribution in [0.1, 0.15) is 18.2 Å². The van der Waals surface area contributed by atoms with Crippen LogP contribution in [0.15, 0.2) is 42.7 Å². The molecular formula is C17H18ClN3O. The molecule has 114 valence electrons. The zero-order chi connectivity index (χ0) is 15.5. The van der Waals surface area contributed by atoms with Crippen molar-refractivity contribution in [2.24, 2.45) is 0 Å². The molecule has 2 heterocycles. The van der Waals surface area contributed by atoms with Crippen molar-refractivity contribution >= 4 is 22.9 Å². The summed E-state index contributed by atoms with van der Waals surface area (Å²) in [5.41, 5.74) is 4.21. The zero-order valence-corrected chi connectivity index (χ0v) is 13.4. The van der Waals surface area contributed by atoms with E-state index in [2.05, 4.69) is 27.8 Å². The number of methoxy groups -OCH3 is 1. The lowest BCUT2D eigenvalue weighted by Gasteiger charge is -2.11. The Balaban J connectivity index is 1.83. The summed E-state index contributed by atoms with van der Waals surface area (Å²) in [6.45, 7) is 2.77. The molecule has 0 unspecified atom stereocenters. The number of hydrogen-bond acceptors (Lipinski definition) is 3. The van der Waals surface area contributed by atoms with Crippen LogP contribution < -0.4 is 10.1 Å². The van der Waals surface area contributed by atoms with E-state index in [1.54, 1.807) is 7.11 Å². The number of aromatic nitrogens is 2. The fraction of sp³-hybridized carbons (Fsp3) is 0.235. The number of nitrogens with one attached hydrogen (secondary N) is 1. The lowest BCUT2D eigenvalue weighted by Crippen LogP contribution is -2.03. The van der Waals surface area contributed by atoms with Gasteiger partial charge < -0.3 is 14.5 Å². The van der Waals surface area contributed by atoms with Crippen molar-refractivity contribution in [3.05, 3.63) is 59.0 Å². The molecule has 4 nitrogen and oxygen atoms in total. The van der Waals surface area contributed by atoms with E-state index in [0.29, 0.717) is 11.6 Å². The highest BCUT2D eigenvalue weighted by atomic mass is 35.5. The number of aryl methyl sites for hydroxylation is 1. The van der Waals surface area contributed by atoms with Gasteiger partial charge in [-0.05, 0) is 36.8 Å². The van der Waals surface area contributed by atoms with Crippen LogP contribution in [-0.4, -0.2) is 16.5 Å². The molecule has 0 amide bonds. The number of imidazole rings is 1. The van der Waals surface area contributed by atoms with Crippen LogP contribution in [0.4, 0.5) is 5.69 Å². The van der Waals surface area contributed by atoms with Crippen LogP contribution in [0.25, 0.3) is 5.65 Å². The average Bonchev–Trinajstić information content (AvgIpc) is 2.95. The lowest BCUT2D eigenvalue weighted by atomic mass is 10.2. The maximum atomic E-state index is 6.06. The van der Waals surface area contributed by atoms with Crippen molar-refractivity contribution < 1.29 is 4.74 Å². The van der Waals surface area contributed by atoms with Gasteiger partial charge in [-0.1, -0.05) is 18.5 Å². The van der Waals surface area contributed by atoms with Gasteiger partial charge in [-0.15, -0.1) is 0 Å². The predicted molar refractivity (Wildman–Crippen MR) is 89.9 cm³/mol. The number of benzene rings is 1. The van der Waals surface area contributed by atoms with Crippen molar-refractivity contribution in [3.63, 3.8) is 0 Å². The summed E-state index contributed by atoms with van der Waals surface area (Å²) in [7, 11) is 1.66. The minimum Gasteiger partial charge on any atom is -0.496 e. The minimum atomic E-state index is 0.644. The summed E-state index contributed by atoms with van der Waals surface area (Å²) in [6.07, 6.45) is 4.93. The third-order valence-electron chi connectivity index (χ3n) is 3.67. The molecule has 0 aliphatic rings. The molecule has 3 aromatic rings. The molecule has 0 aliphatic carbocycles. The van der Waals surface area contributed by atoms with Crippen LogP contribution in [-0.2, 0) is 13.0 Å². The van der Waals surface area contributed by atoms with Crippen LogP contribution in [0.5, 0.6) is 5.75 Å². The number of halogens is 1. The number of anilines is 1. The Morgan fingerprint density at radius 2 is 2.14 bits per heavy atom. The molecule has 0 atom stereocenters. The van der Waals surface area contributed by atoms with E-state index in [4.69, 9.17) is 16.3 Å². The first kappa shape index (κ1) is 14.7. The van der Waals surface area contributed by atoms with Gasteiger partial charge in [0.1, 0.15) is 11.4 Å². The third-order valence-corrected chi connectivity index (χ3v) is 3.90. The number of hydrogen-bond donors (Lipinski definition) is 1. The van der Waals surface area contributed by atoms with Crippen LogP contribution in [0.3, 0.4) is 0 Å². The highest BCUT2D eigenvalue weighted by Crippen LogP contribution is 2.24. The third kappa shape index (κ3) is 2.88. The highest BCUT2D eigenvalue weighted by Gasteiger charge is 2.05. The second kappa shape index (κ2) is 6.28. The van der Waals surface area contributed by atoms with Crippen LogP contribution in [0, 0.1) is 0 Å². The minimum absolute atomic E-state index is 0.644. The second-order valence-corrected chi connectivity index (χ2v) is 5.50. The van der Waals surface area contributed by atoms with Crippen LogP contribution >= 0.6 is 11.6 Å². The molecule has 2 aromatic heterocycles. The predicted octanol–water partition coefficient (Wildman–Crippen LogP) is 4.17. The molecule has 0 aliphatic heterocycles. The summed E-state index contributed by atoms with van der Waals surface area (Å²) in [5, 5.41) is 4.11. The van der Waals surface area contributed by atoms with Gasteiger partial charge in [0.05, 0.1) is 12.8 Å². The Labute approximate surface area is 134 Å². The van der Waals surface area contributed by atoms with E-state index in [-0.39, 0.29) is 0 Å². The SMILES string of the molecule is CCc1cnc2ccc(NCc3cc(Cl)ccc3OC)cn12. The summed E-state index contributed by atoms with van der Waals surface area (Å²) < 4.78 is 7.48. The molecule has 3 rings (SSSR count). The van der Waals surface area contributed by atoms with Crippen LogP contribution in [0.2, 0.25) is 5.02 Å². The molecular weight excluding hydrogens is 298 g/mol. The maximum absolute atomic E-state index is 6.06. The molecule has 0 saturated heterocycles. The number of nitrogens with zero attached hydrogens (tertiary/aromatic N) is 2. The Hall–Kier alpha value is -2.20. The van der Waals surface area contributed by atoms with Gasteiger partial charge in [0.15, 0.2) is 0 Å². The topological polar surface area (TPSA) is 38.6 Å². The molecule has 1 aromatic carbocycles. The van der Waals surface area contributed by atoms with E-state index >= 15 is 0 Å². The Morgan fingerprint density at radius 3 is 2.91 bits per heavy atom. The summed E-state index contributed by atoms with van der Waals surface area (Å²) in [6, 6.07) is 9.67. The zero-order valence-electron chi connectivity index (χ0n) is 12.6. The molecule has 1 N–H and O–H groups in total. The average molecular weight is 316 g/mol. The fourth-order valence-electron chi connectivity index (χ4n) is 2.48. The largest absolute Gasteiger partial charge is 0.496 e. The molecule has 0 bridgehead atoms. The van der Waals surface area contributed by atoms with E-state index in [1.165, 1.54) is 5.69 Å². The summed E-state index contributed by atoms with van der Waals surface area (Å²) in [5.74, 6) is 0.829. The van der Waals surface area contributed by atoms with Gasteiger partial charge in [0.25, 0.3) is 0 Å². The number of pyridine rings is 1. The van der Waals surface area contributed by atoms with Gasteiger partial charge in [0, 0.05) is 35.2 Å². The Morgan fingerprint density at radius 1 is 1.27 bits per heavy atom. The Bertz CT molecular complexity index is 798. The first-order chi connectivity index (χ1) is 10.7. The quantitative estimate of drug-likeness (QED) is 0.768. The van der Waals surface area contributed by atoms with Gasteiger partial charge in [0.2, 0.25) is 0 Å². The normalized spacial score (nSPS) is 10.9. The highest BCUT2D eigenvalue weighted by molar-refractivity contribution is 6.30. The molecule has 22 heavy (non-hydrogen) atoms. The van der Waals surface area contributed by atoms with E-state index in [1.807, 2.05) is 36.5 Å². The maximum Gasteiger partial charge on any atom is 0.137 e. The summed E-state index contributed by atoms with van der Waals surface area (Å²) in [4.78, 5) is 4.39. The number of rotatable bonds is 5. The molecule has 0 fully saturated rings. The summed E-state index contributed by atoms with van der Waals surface area (Å²) >= 11 is 6.06. The molecule has 0 saturated carbocycles. The van der Waals surface area contributed by atoms with E-state index in [0.717, 1.165) is 29.1 Å². The van der Waals surface area contributed by atoms with Crippen molar-refractivity contribution in [1.29, 1.82) is 0 Å². The lowest BCUT2D eigenvalue weighted by molar-refractivity contribution is 0.410. The van der Waals surface area contributed by atoms with Crippen molar-refractivity contribution in [3.8, 4) is 5.75 Å². The van der Waals surface area contributed by atoms with Crippen molar-refractivity contribution in [1.82, 2.24) is 9.38 Å². The van der Waals surface area contributed by atoms with E-state index < -0.39 is 0 Å². The monoisotopic (exact) mass is 315 g/mol.